The summed E-state index contributed by atoms with van der Waals surface area (Å²) in [6.45, 7) is 17.1. The summed E-state index contributed by atoms with van der Waals surface area (Å²) in [5.74, 6) is 2.30. The van der Waals surface area contributed by atoms with Crippen molar-refractivity contribution in [2.24, 2.45) is 23.2 Å². The number of hydrogen-bond acceptors (Lipinski definition) is 2. The monoisotopic (exact) mass is 380 g/mol. The second kappa shape index (κ2) is 13.5. The van der Waals surface area contributed by atoms with Crippen LogP contribution in [-0.4, -0.2) is 17.0 Å². The van der Waals surface area contributed by atoms with Crippen molar-refractivity contribution in [1.82, 2.24) is 0 Å². The van der Waals surface area contributed by atoms with Crippen LogP contribution in [0.3, 0.4) is 0 Å². The fourth-order valence-corrected chi connectivity index (χ4v) is 3.53. The smallest absolute Gasteiger partial charge is 0.184 e. The quantitative estimate of drug-likeness (QED) is 0.320. The molecule has 0 spiro atoms. The van der Waals surface area contributed by atoms with E-state index in [0.717, 1.165) is 36.2 Å². The summed E-state index contributed by atoms with van der Waals surface area (Å²) in [5, 5.41) is 10.0. The summed E-state index contributed by atoms with van der Waals surface area (Å²) < 4.78 is 0. The average molecular weight is 381 g/mol. The van der Waals surface area contributed by atoms with Gasteiger partial charge in [-0.1, -0.05) is 99.0 Å². The molecule has 3 atom stereocenters. The second-order valence-corrected chi connectivity index (χ2v) is 10.5. The molecular formula is C25H48O2. The van der Waals surface area contributed by atoms with Crippen molar-refractivity contribution in [3.63, 3.8) is 0 Å². The van der Waals surface area contributed by atoms with Gasteiger partial charge in [0.25, 0.3) is 0 Å². The number of aliphatic hydroxyl groups excluding tert-OH is 1. The minimum atomic E-state index is -0.908. The van der Waals surface area contributed by atoms with Crippen LogP contribution >= 0.6 is 0 Å². The number of ketones is 1. The van der Waals surface area contributed by atoms with E-state index in [9.17, 15) is 9.90 Å². The molecule has 0 aromatic rings. The van der Waals surface area contributed by atoms with Crippen LogP contribution in [0.5, 0.6) is 0 Å². The number of aliphatic hydroxyl groups is 1. The van der Waals surface area contributed by atoms with E-state index in [-0.39, 0.29) is 5.78 Å². The van der Waals surface area contributed by atoms with Crippen molar-refractivity contribution in [1.29, 1.82) is 0 Å². The third kappa shape index (κ3) is 14.1. The topological polar surface area (TPSA) is 37.3 Å². The predicted molar refractivity (Wildman–Crippen MR) is 119 cm³/mol. The van der Waals surface area contributed by atoms with Gasteiger partial charge in [0.15, 0.2) is 5.78 Å². The standard InChI is InChI=1S/C25H48O2/c1-19(2)12-9-13-20(3)14-10-15-21(4)16-11-17-22(5)18-23(26)24(27)25(6,7)8/h18-21,24,27H,9-17H2,1-8H3. The number of carbonyl (C=O) groups excluding carboxylic acids is 1. The Morgan fingerprint density at radius 3 is 1.74 bits per heavy atom. The largest absolute Gasteiger partial charge is 0.384 e. The van der Waals surface area contributed by atoms with Crippen LogP contribution in [0.4, 0.5) is 0 Å². The SMILES string of the molecule is CC(=CC(=O)C(O)C(C)(C)C)CCCC(C)CCCC(C)CCCC(C)C. The van der Waals surface area contributed by atoms with Crippen LogP contribution in [-0.2, 0) is 4.79 Å². The molecule has 0 rings (SSSR count). The molecule has 0 aliphatic heterocycles. The molecule has 0 radical (unpaired) electrons. The Hall–Kier alpha value is -0.630. The fraction of sp³-hybridized carbons (Fsp3) is 0.880. The van der Waals surface area contributed by atoms with Crippen LogP contribution in [0.1, 0.15) is 113 Å². The molecule has 0 fully saturated rings. The number of rotatable bonds is 14. The zero-order chi connectivity index (χ0) is 21.0. The molecule has 0 heterocycles. The Bertz CT molecular complexity index is 428. The molecule has 0 aromatic carbocycles. The van der Waals surface area contributed by atoms with Crippen LogP contribution in [0, 0.1) is 23.2 Å². The summed E-state index contributed by atoms with van der Waals surface area (Å²) in [7, 11) is 0. The molecule has 0 saturated carbocycles. The molecule has 0 aromatic heterocycles. The molecule has 0 aliphatic carbocycles. The molecule has 2 heteroatoms. The Balaban J connectivity index is 3.94. The van der Waals surface area contributed by atoms with Gasteiger partial charge in [-0.2, -0.15) is 0 Å². The third-order valence-electron chi connectivity index (χ3n) is 5.62. The molecule has 0 saturated heterocycles. The van der Waals surface area contributed by atoms with Gasteiger partial charge >= 0.3 is 0 Å². The highest BCUT2D eigenvalue weighted by atomic mass is 16.3. The summed E-state index contributed by atoms with van der Waals surface area (Å²) >= 11 is 0. The van der Waals surface area contributed by atoms with Gasteiger partial charge in [0.05, 0.1) is 0 Å². The Morgan fingerprint density at radius 2 is 1.30 bits per heavy atom. The first-order valence-electron chi connectivity index (χ1n) is 11.3. The lowest BCUT2D eigenvalue weighted by atomic mass is 9.86. The number of allylic oxidation sites excluding steroid dienone is 1. The molecule has 160 valence electrons. The number of carbonyl (C=O) groups is 1. The lowest BCUT2D eigenvalue weighted by Crippen LogP contribution is -2.33. The van der Waals surface area contributed by atoms with Crippen molar-refractivity contribution in [2.75, 3.05) is 0 Å². The minimum Gasteiger partial charge on any atom is -0.384 e. The van der Waals surface area contributed by atoms with Gasteiger partial charge in [0.1, 0.15) is 6.10 Å². The van der Waals surface area contributed by atoms with Crippen molar-refractivity contribution >= 4 is 5.78 Å². The first kappa shape index (κ1) is 26.4. The molecule has 0 amide bonds. The average Bonchev–Trinajstić information content (AvgIpc) is 2.52. The molecule has 2 nitrogen and oxygen atoms in total. The van der Waals surface area contributed by atoms with Gasteiger partial charge in [0.2, 0.25) is 0 Å². The molecule has 27 heavy (non-hydrogen) atoms. The van der Waals surface area contributed by atoms with Crippen molar-refractivity contribution in [3.8, 4) is 0 Å². The Morgan fingerprint density at radius 1 is 0.852 bits per heavy atom. The molecular weight excluding hydrogens is 332 g/mol. The highest BCUT2D eigenvalue weighted by molar-refractivity contribution is 5.94. The maximum atomic E-state index is 12.1. The van der Waals surface area contributed by atoms with Crippen LogP contribution < -0.4 is 0 Å². The van der Waals surface area contributed by atoms with Gasteiger partial charge in [-0.15, -0.1) is 0 Å². The van der Waals surface area contributed by atoms with E-state index in [4.69, 9.17) is 0 Å². The second-order valence-electron chi connectivity index (χ2n) is 10.5. The summed E-state index contributed by atoms with van der Waals surface area (Å²) in [5.41, 5.74) is 0.697. The lowest BCUT2D eigenvalue weighted by molar-refractivity contribution is -0.127. The minimum absolute atomic E-state index is 0.153. The van der Waals surface area contributed by atoms with Gasteiger partial charge in [-0.3, -0.25) is 4.79 Å². The van der Waals surface area contributed by atoms with Crippen LogP contribution in [0.2, 0.25) is 0 Å². The van der Waals surface area contributed by atoms with E-state index in [1.165, 1.54) is 44.9 Å². The summed E-state index contributed by atoms with van der Waals surface area (Å²) in [6, 6.07) is 0. The first-order valence-corrected chi connectivity index (χ1v) is 11.3. The highest BCUT2D eigenvalue weighted by Crippen LogP contribution is 2.23. The van der Waals surface area contributed by atoms with E-state index < -0.39 is 11.5 Å². The van der Waals surface area contributed by atoms with Gasteiger partial charge in [0, 0.05) is 0 Å². The van der Waals surface area contributed by atoms with Gasteiger partial charge in [-0.05, 0) is 49.0 Å². The molecule has 1 N–H and O–H groups in total. The van der Waals surface area contributed by atoms with E-state index in [1.807, 2.05) is 27.7 Å². The van der Waals surface area contributed by atoms with E-state index in [1.54, 1.807) is 6.08 Å². The van der Waals surface area contributed by atoms with Crippen LogP contribution in [0.15, 0.2) is 11.6 Å². The predicted octanol–water partition coefficient (Wildman–Crippen LogP) is 7.35. The maximum Gasteiger partial charge on any atom is 0.184 e. The maximum absolute atomic E-state index is 12.1. The highest BCUT2D eigenvalue weighted by Gasteiger charge is 2.27. The van der Waals surface area contributed by atoms with Crippen molar-refractivity contribution in [3.05, 3.63) is 11.6 Å². The Labute approximate surface area is 170 Å². The summed E-state index contributed by atoms with van der Waals surface area (Å²) in [6.07, 6.45) is 12.2. The number of hydrogen-bond donors (Lipinski definition) is 1. The van der Waals surface area contributed by atoms with Crippen molar-refractivity contribution < 1.29 is 9.90 Å². The van der Waals surface area contributed by atoms with E-state index >= 15 is 0 Å². The lowest BCUT2D eigenvalue weighted by Gasteiger charge is -2.23. The van der Waals surface area contributed by atoms with E-state index in [0.29, 0.717) is 0 Å². The van der Waals surface area contributed by atoms with Crippen molar-refractivity contribution in [2.45, 2.75) is 119 Å². The first-order chi connectivity index (χ1) is 12.4. The normalized spacial score (nSPS) is 16.4. The molecule has 3 unspecified atom stereocenters. The van der Waals surface area contributed by atoms with Gasteiger partial charge in [-0.25, -0.2) is 0 Å². The fourth-order valence-electron chi connectivity index (χ4n) is 3.53. The Kier molecular flexibility index (Phi) is 13.2. The molecule has 0 bridgehead atoms. The third-order valence-corrected chi connectivity index (χ3v) is 5.62. The van der Waals surface area contributed by atoms with Crippen LogP contribution in [0.25, 0.3) is 0 Å². The zero-order valence-electron chi connectivity index (χ0n) is 19.6. The van der Waals surface area contributed by atoms with Gasteiger partial charge < -0.3 is 5.11 Å². The summed E-state index contributed by atoms with van der Waals surface area (Å²) in [4.78, 5) is 12.1. The van der Waals surface area contributed by atoms with E-state index in [2.05, 4.69) is 27.7 Å². The zero-order valence-corrected chi connectivity index (χ0v) is 19.6. The molecule has 0 aliphatic rings.